The molecule has 46 heavy (non-hydrogen) atoms. The van der Waals surface area contributed by atoms with Crippen LogP contribution in [-0.2, 0) is 33.5 Å². The summed E-state index contributed by atoms with van der Waals surface area (Å²) >= 11 is 0. The molecule has 0 radical (unpaired) electrons. The summed E-state index contributed by atoms with van der Waals surface area (Å²) in [7, 11) is -1.99. The Bertz CT molecular complexity index is 1730. The Morgan fingerprint density at radius 1 is 1.09 bits per heavy atom. The molecular formula is C37H48N4O4Si. The fourth-order valence-electron chi connectivity index (χ4n) is 6.13. The first kappa shape index (κ1) is 33.5. The van der Waals surface area contributed by atoms with Gasteiger partial charge in [0.05, 0.1) is 18.2 Å². The van der Waals surface area contributed by atoms with Gasteiger partial charge < -0.3 is 9.16 Å². The number of fused-ring (bicyclic) bond motifs is 1. The Labute approximate surface area is 274 Å². The highest BCUT2D eigenvalue weighted by Gasteiger charge is 2.43. The summed E-state index contributed by atoms with van der Waals surface area (Å²) in [5.74, 6) is -1.16. The maximum atomic E-state index is 14.5. The monoisotopic (exact) mass is 640 g/mol. The van der Waals surface area contributed by atoms with Gasteiger partial charge in [-0.05, 0) is 84.8 Å². The average molecular weight is 641 g/mol. The molecule has 1 aliphatic heterocycles. The van der Waals surface area contributed by atoms with Gasteiger partial charge in [-0.2, -0.15) is 0 Å². The number of ether oxygens (including phenoxy) is 1. The summed E-state index contributed by atoms with van der Waals surface area (Å²) in [5, 5.41) is 8.97. The van der Waals surface area contributed by atoms with E-state index in [4.69, 9.17) is 9.16 Å². The molecule has 2 heterocycles. The second-order valence-electron chi connectivity index (χ2n) is 14.2. The van der Waals surface area contributed by atoms with Crippen LogP contribution in [0.3, 0.4) is 0 Å². The van der Waals surface area contributed by atoms with Crippen LogP contribution in [0.25, 0.3) is 11.0 Å². The van der Waals surface area contributed by atoms with Crippen LogP contribution in [0.1, 0.15) is 73.9 Å². The molecule has 1 saturated heterocycles. The van der Waals surface area contributed by atoms with Gasteiger partial charge in [0.25, 0.3) is 0 Å². The summed E-state index contributed by atoms with van der Waals surface area (Å²) < 4.78 is 14.0. The van der Waals surface area contributed by atoms with Crippen LogP contribution in [0.15, 0.2) is 60.7 Å². The second-order valence-corrected chi connectivity index (χ2v) is 19.0. The Morgan fingerprint density at radius 3 is 2.48 bits per heavy atom. The summed E-state index contributed by atoms with van der Waals surface area (Å²) in [4.78, 5) is 28.9. The van der Waals surface area contributed by atoms with Crippen LogP contribution in [0, 0.1) is 19.8 Å². The summed E-state index contributed by atoms with van der Waals surface area (Å²) in [6.45, 7) is 20.8. The molecular weight excluding hydrogens is 593 g/mol. The van der Waals surface area contributed by atoms with Crippen molar-refractivity contribution in [3.8, 4) is 0 Å². The van der Waals surface area contributed by atoms with Crippen LogP contribution in [0.2, 0.25) is 18.1 Å². The third-order valence-corrected chi connectivity index (χ3v) is 14.6. The molecule has 4 aromatic rings. The number of carbonyl (C=O) groups excluding carboxylic acids is 2. The number of carbonyl (C=O) groups is 2. The molecule has 0 saturated carbocycles. The minimum Gasteiger partial charge on any atom is -0.447 e. The van der Waals surface area contributed by atoms with Gasteiger partial charge in [0.2, 0.25) is 5.91 Å². The van der Waals surface area contributed by atoms with E-state index < -0.39 is 20.3 Å². The molecule has 0 unspecified atom stereocenters. The number of rotatable bonds is 10. The van der Waals surface area contributed by atoms with E-state index in [1.54, 1.807) is 0 Å². The smallest absolute Gasteiger partial charge is 0.416 e. The SMILES string of the molecule is CCn1nnc2c(C)c([C@H](c3ccc(C)c(CO[Si](C)(C)C(C)(C)C)c3)[C@@H](C)C(=O)N3C(=O)OC[C@H]3Cc3ccccc3)ccc21. The van der Waals surface area contributed by atoms with E-state index in [-0.39, 0.29) is 29.5 Å². The number of amides is 2. The Kier molecular flexibility index (Phi) is 9.57. The highest BCUT2D eigenvalue weighted by Crippen LogP contribution is 2.40. The Morgan fingerprint density at radius 2 is 1.80 bits per heavy atom. The summed E-state index contributed by atoms with van der Waals surface area (Å²) in [6, 6.07) is 20.1. The number of aromatic nitrogens is 3. The first-order chi connectivity index (χ1) is 21.7. The van der Waals surface area contributed by atoms with E-state index >= 15 is 0 Å². The fourth-order valence-corrected chi connectivity index (χ4v) is 7.08. The molecule has 1 aliphatic rings. The van der Waals surface area contributed by atoms with Gasteiger partial charge in [-0.25, -0.2) is 14.4 Å². The molecule has 0 aliphatic carbocycles. The first-order valence-electron chi connectivity index (χ1n) is 16.3. The van der Waals surface area contributed by atoms with Gasteiger partial charge >= 0.3 is 6.09 Å². The van der Waals surface area contributed by atoms with E-state index in [1.165, 1.54) is 4.90 Å². The third-order valence-electron chi connectivity index (χ3n) is 10.1. The zero-order valence-corrected chi connectivity index (χ0v) is 29.8. The fraction of sp³-hybridized carbons (Fsp3) is 0.459. The van der Waals surface area contributed by atoms with Gasteiger partial charge in [-0.1, -0.05) is 87.5 Å². The van der Waals surface area contributed by atoms with E-state index in [1.807, 2.05) is 54.9 Å². The summed E-state index contributed by atoms with van der Waals surface area (Å²) in [6.07, 6.45) is -0.0396. The van der Waals surface area contributed by atoms with Crippen LogP contribution < -0.4 is 0 Å². The number of aryl methyl sites for hydroxylation is 3. The van der Waals surface area contributed by atoms with Crippen LogP contribution >= 0.6 is 0 Å². The number of imide groups is 1. The number of hydrogen-bond donors (Lipinski definition) is 0. The summed E-state index contributed by atoms with van der Waals surface area (Å²) in [5.41, 5.74) is 8.04. The first-order valence-corrected chi connectivity index (χ1v) is 19.2. The molecule has 9 heteroatoms. The maximum Gasteiger partial charge on any atom is 0.416 e. The van der Waals surface area contributed by atoms with E-state index in [0.717, 1.165) is 44.4 Å². The van der Waals surface area contributed by atoms with Crippen molar-refractivity contribution < 1.29 is 18.8 Å². The van der Waals surface area contributed by atoms with Crippen molar-refractivity contribution in [3.05, 3.63) is 94.0 Å². The number of benzene rings is 3. The van der Waals surface area contributed by atoms with Crippen LogP contribution in [0.4, 0.5) is 4.79 Å². The zero-order valence-electron chi connectivity index (χ0n) is 28.8. The minimum atomic E-state index is -1.99. The van der Waals surface area contributed by atoms with Gasteiger partial charge in [-0.3, -0.25) is 4.79 Å². The number of hydrogen-bond acceptors (Lipinski definition) is 6. The van der Waals surface area contributed by atoms with E-state index in [2.05, 4.69) is 82.3 Å². The van der Waals surface area contributed by atoms with Crippen molar-refractivity contribution in [3.63, 3.8) is 0 Å². The molecule has 2 amide bonds. The molecule has 3 atom stereocenters. The topological polar surface area (TPSA) is 86.5 Å². The Hall–Kier alpha value is -3.82. The molecule has 1 fully saturated rings. The lowest BCUT2D eigenvalue weighted by atomic mass is 9.78. The molecule has 5 rings (SSSR count). The van der Waals surface area contributed by atoms with Crippen molar-refractivity contribution in [1.82, 2.24) is 19.9 Å². The highest BCUT2D eigenvalue weighted by atomic mass is 28.4. The molecule has 3 aromatic carbocycles. The highest BCUT2D eigenvalue weighted by molar-refractivity contribution is 6.74. The van der Waals surface area contributed by atoms with Crippen molar-refractivity contribution >= 4 is 31.4 Å². The lowest BCUT2D eigenvalue weighted by molar-refractivity contribution is -0.133. The average Bonchev–Trinajstić information content (AvgIpc) is 3.61. The molecule has 0 N–H and O–H groups in total. The van der Waals surface area contributed by atoms with Crippen molar-refractivity contribution in [2.45, 2.75) is 98.1 Å². The lowest BCUT2D eigenvalue weighted by Gasteiger charge is -2.36. The Balaban J connectivity index is 1.56. The normalized spacial score (nSPS) is 16.9. The van der Waals surface area contributed by atoms with Crippen LogP contribution in [0.5, 0.6) is 0 Å². The van der Waals surface area contributed by atoms with Crippen LogP contribution in [-0.4, -0.2) is 52.9 Å². The number of cyclic esters (lactones) is 1. The molecule has 244 valence electrons. The molecule has 0 bridgehead atoms. The lowest BCUT2D eigenvalue weighted by Crippen LogP contribution is -2.44. The second kappa shape index (κ2) is 13.1. The predicted molar refractivity (Wildman–Crippen MR) is 184 cm³/mol. The molecule has 8 nitrogen and oxygen atoms in total. The van der Waals surface area contributed by atoms with Crippen molar-refractivity contribution in [2.24, 2.45) is 5.92 Å². The third kappa shape index (κ3) is 6.53. The molecule has 0 spiro atoms. The zero-order chi connectivity index (χ0) is 33.4. The quantitative estimate of drug-likeness (QED) is 0.164. The van der Waals surface area contributed by atoms with Crippen molar-refractivity contribution in [1.29, 1.82) is 0 Å². The van der Waals surface area contributed by atoms with Gasteiger partial charge in [0.1, 0.15) is 12.1 Å². The van der Waals surface area contributed by atoms with E-state index in [0.29, 0.717) is 19.6 Å². The largest absolute Gasteiger partial charge is 0.447 e. The standard InChI is InChI=1S/C37H48N4O4Si/c1-10-40-32-19-18-31(25(3)34(32)38-39-40)33(28-17-16-24(2)29(21-28)22-45-46(8,9)37(5,6)7)26(4)35(42)41-30(23-44-36(41)43)20-27-14-12-11-13-15-27/h11-19,21,26,30,33H,10,20,22-23H2,1-9H3/t26-,30-,33+/m1/s1. The number of nitrogens with zero attached hydrogens (tertiary/aromatic N) is 4. The van der Waals surface area contributed by atoms with E-state index in [9.17, 15) is 9.59 Å². The molecule has 1 aromatic heterocycles. The van der Waals surface area contributed by atoms with Crippen molar-refractivity contribution in [2.75, 3.05) is 6.61 Å². The maximum absolute atomic E-state index is 14.5. The predicted octanol–water partition coefficient (Wildman–Crippen LogP) is 7.95. The van der Waals surface area contributed by atoms with Gasteiger partial charge in [0, 0.05) is 18.4 Å². The van der Waals surface area contributed by atoms with Gasteiger partial charge in [-0.15, -0.1) is 5.10 Å². The van der Waals surface area contributed by atoms with Gasteiger partial charge in [0.15, 0.2) is 8.32 Å². The minimum absolute atomic E-state index is 0.0884.